The van der Waals surface area contributed by atoms with Crippen LogP contribution in [0.3, 0.4) is 0 Å². The second-order valence-electron chi connectivity index (χ2n) is 4.08. The predicted octanol–water partition coefficient (Wildman–Crippen LogP) is 0.680. The maximum Gasteiger partial charge on any atom is 0.249 e. The number of amides is 2. The molecule has 2 N–H and O–H groups in total. The smallest absolute Gasteiger partial charge is 0.249 e. The lowest BCUT2D eigenvalue weighted by molar-refractivity contribution is -0.129. The molecular weight excluding hydrogens is 258 g/mol. The standard InChI is InChI=1S/C14H19N3O3/c1-20-9-5-8-15-13(18)10-14(19)17-16-11-12-6-3-2-4-7-12/h2-4,6-7,11H,5,8-10H2,1H3,(H,15,18)(H,17,19). The van der Waals surface area contributed by atoms with Crippen LogP contribution in [0.1, 0.15) is 18.4 Å². The van der Waals surface area contributed by atoms with Gasteiger partial charge in [-0.25, -0.2) is 5.43 Å². The summed E-state index contributed by atoms with van der Waals surface area (Å²) < 4.78 is 4.85. The van der Waals surface area contributed by atoms with Crippen LogP contribution < -0.4 is 10.7 Å². The normalized spacial score (nSPS) is 10.4. The van der Waals surface area contributed by atoms with Crippen molar-refractivity contribution in [1.29, 1.82) is 0 Å². The van der Waals surface area contributed by atoms with Crippen molar-refractivity contribution in [1.82, 2.24) is 10.7 Å². The molecular formula is C14H19N3O3. The zero-order valence-corrected chi connectivity index (χ0v) is 11.5. The van der Waals surface area contributed by atoms with Crippen LogP contribution in [0.4, 0.5) is 0 Å². The number of rotatable bonds is 8. The highest BCUT2D eigenvalue weighted by Crippen LogP contribution is 1.93. The van der Waals surface area contributed by atoms with Crippen LogP contribution >= 0.6 is 0 Å². The molecule has 0 aliphatic heterocycles. The van der Waals surface area contributed by atoms with Gasteiger partial charge in [-0.05, 0) is 12.0 Å². The fourth-order valence-corrected chi connectivity index (χ4v) is 1.41. The molecule has 0 saturated carbocycles. The second kappa shape index (κ2) is 9.69. The molecule has 0 unspecified atom stereocenters. The van der Waals surface area contributed by atoms with Gasteiger partial charge >= 0.3 is 0 Å². The molecule has 0 fully saturated rings. The average Bonchev–Trinajstić information content (AvgIpc) is 2.45. The first kappa shape index (κ1) is 15.8. The largest absolute Gasteiger partial charge is 0.385 e. The molecule has 108 valence electrons. The van der Waals surface area contributed by atoms with Crippen molar-refractivity contribution in [3.05, 3.63) is 35.9 Å². The van der Waals surface area contributed by atoms with Gasteiger partial charge in [0.2, 0.25) is 11.8 Å². The molecule has 6 heteroatoms. The minimum Gasteiger partial charge on any atom is -0.385 e. The van der Waals surface area contributed by atoms with Gasteiger partial charge in [0.15, 0.2) is 0 Å². The zero-order valence-electron chi connectivity index (χ0n) is 11.5. The Labute approximate surface area is 118 Å². The van der Waals surface area contributed by atoms with Crippen LogP contribution in [-0.4, -0.2) is 38.3 Å². The summed E-state index contributed by atoms with van der Waals surface area (Å²) in [6.45, 7) is 1.07. The molecule has 1 rings (SSSR count). The topological polar surface area (TPSA) is 79.8 Å². The molecule has 0 bridgehead atoms. The van der Waals surface area contributed by atoms with E-state index in [1.54, 1.807) is 7.11 Å². The zero-order chi connectivity index (χ0) is 14.6. The fraction of sp³-hybridized carbons (Fsp3) is 0.357. The molecule has 1 aromatic carbocycles. The van der Waals surface area contributed by atoms with Crippen molar-refractivity contribution in [3.8, 4) is 0 Å². The molecule has 0 aliphatic rings. The number of hydrazone groups is 1. The summed E-state index contributed by atoms with van der Waals surface area (Å²) in [5, 5.41) is 6.40. The number of hydrogen-bond donors (Lipinski definition) is 2. The molecule has 0 aromatic heterocycles. The number of carbonyl (C=O) groups is 2. The van der Waals surface area contributed by atoms with Crippen LogP contribution in [0, 0.1) is 0 Å². The van der Waals surface area contributed by atoms with Crippen molar-refractivity contribution < 1.29 is 14.3 Å². The second-order valence-corrected chi connectivity index (χ2v) is 4.08. The van der Waals surface area contributed by atoms with Gasteiger partial charge < -0.3 is 10.1 Å². The molecule has 6 nitrogen and oxygen atoms in total. The maximum absolute atomic E-state index is 11.4. The van der Waals surface area contributed by atoms with Gasteiger partial charge in [0, 0.05) is 20.3 Å². The predicted molar refractivity (Wildman–Crippen MR) is 76.3 cm³/mol. The van der Waals surface area contributed by atoms with Gasteiger partial charge in [-0.3, -0.25) is 9.59 Å². The van der Waals surface area contributed by atoms with Gasteiger partial charge in [-0.2, -0.15) is 5.10 Å². The van der Waals surface area contributed by atoms with Gasteiger partial charge in [0.1, 0.15) is 6.42 Å². The van der Waals surface area contributed by atoms with E-state index in [0.29, 0.717) is 13.2 Å². The van der Waals surface area contributed by atoms with Gasteiger partial charge in [0.25, 0.3) is 0 Å². The number of carbonyl (C=O) groups excluding carboxylic acids is 2. The maximum atomic E-state index is 11.4. The van der Waals surface area contributed by atoms with Crippen LogP contribution in [0.5, 0.6) is 0 Å². The Balaban J connectivity index is 2.19. The van der Waals surface area contributed by atoms with E-state index in [9.17, 15) is 9.59 Å². The molecule has 0 saturated heterocycles. The number of benzene rings is 1. The molecule has 2 amide bonds. The summed E-state index contributed by atoms with van der Waals surface area (Å²) in [5.74, 6) is -0.769. The van der Waals surface area contributed by atoms with Crippen LogP contribution in [0.25, 0.3) is 0 Å². The van der Waals surface area contributed by atoms with Crippen molar-refractivity contribution >= 4 is 18.0 Å². The Morgan fingerprint density at radius 3 is 2.70 bits per heavy atom. The average molecular weight is 277 g/mol. The van der Waals surface area contributed by atoms with E-state index < -0.39 is 5.91 Å². The Morgan fingerprint density at radius 2 is 2.00 bits per heavy atom. The highest BCUT2D eigenvalue weighted by molar-refractivity contribution is 5.97. The minimum absolute atomic E-state index is 0.237. The highest BCUT2D eigenvalue weighted by Gasteiger charge is 2.07. The number of nitrogens with zero attached hydrogens (tertiary/aromatic N) is 1. The third kappa shape index (κ3) is 7.27. The Kier molecular flexibility index (Phi) is 7.67. The quantitative estimate of drug-likeness (QED) is 0.317. The van der Waals surface area contributed by atoms with Gasteiger partial charge in [0.05, 0.1) is 6.21 Å². The molecule has 0 aliphatic carbocycles. The van der Waals surface area contributed by atoms with Crippen molar-refractivity contribution in [3.63, 3.8) is 0 Å². The summed E-state index contributed by atoms with van der Waals surface area (Å²) in [5.41, 5.74) is 3.18. The summed E-state index contributed by atoms with van der Waals surface area (Å²) in [6.07, 6.45) is 2.00. The molecule has 20 heavy (non-hydrogen) atoms. The number of ether oxygens (including phenoxy) is 1. The monoisotopic (exact) mass is 277 g/mol. The molecule has 1 aromatic rings. The van der Waals surface area contributed by atoms with E-state index >= 15 is 0 Å². The van der Waals surface area contributed by atoms with Crippen molar-refractivity contribution in [2.75, 3.05) is 20.3 Å². The minimum atomic E-state index is -0.443. The van der Waals surface area contributed by atoms with E-state index in [4.69, 9.17) is 4.74 Å². The molecule has 0 heterocycles. The lowest BCUT2D eigenvalue weighted by Gasteiger charge is -2.03. The fourth-order valence-electron chi connectivity index (χ4n) is 1.41. The van der Waals surface area contributed by atoms with Crippen LogP contribution in [0.15, 0.2) is 35.4 Å². The lowest BCUT2D eigenvalue weighted by Crippen LogP contribution is -2.30. The summed E-state index contributed by atoms with van der Waals surface area (Å²) >= 11 is 0. The number of methoxy groups -OCH3 is 1. The van der Waals surface area contributed by atoms with E-state index in [-0.39, 0.29) is 12.3 Å². The third-order valence-corrected chi connectivity index (χ3v) is 2.37. The Hall–Kier alpha value is -2.21. The lowest BCUT2D eigenvalue weighted by atomic mass is 10.2. The first-order chi connectivity index (χ1) is 9.72. The first-order valence-corrected chi connectivity index (χ1v) is 6.35. The Morgan fingerprint density at radius 1 is 1.25 bits per heavy atom. The molecule has 0 atom stereocenters. The summed E-state index contributed by atoms with van der Waals surface area (Å²) in [4.78, 5) is 22.8. The van der Waals surface area contributed by atoms with E-state index in [0.717, 1.165) is 12.0 Å². The van der Waals surface area contributed by atoms with Crippen LogP contribution in [-0.2, 0) is 14.3 Å². The van der Waals surface area contributed by atoms with Crippen molar-refractivity contribution in [2.24, 2.45) is 5.10 Å². The van der Waals surface area contributed by atoms with Gasteiger partial charge in [-0.15, -0.1) is 0 Å². The van der Waals surface area contributed by atoms with E-state index in [2.05, 4.69) is 15.8 Å². The third-order valence-electron chi connectivity index (χ3n) is 2.37. The first-order valence-electron chi connectivity index (χ1n) is 6.35. The van der Waals surface area contributed by atoms with E-state index in [1.807, 2.05) is 30.3 Å². The SMILES string of the molecule is COCCCNC(=O)CC(=O)NN=Cc1ccccc1. The molecule has 0 spiro atoms. The Bertz CT molecular complexity index is 446. The van der Waals surface area contributed by atoms with E-state index in [1.165, 1.54) is 6.21 Å². The molecule has 0 radical (unpaired) electrons. The van der Waals surface area contributed by atoms with Crippen LogP contribution in [0.2, 0.25) is 0 Å². The number of hydrogen-bond acceptors (Lipinski definition) is 4. The number of nitrogens with one attached hydrogen (secondary N) is 2. The van der Waals surface area contributed by atoms with Gasteiger partial charge in [-0.1, -0.05) is 30.3 Å². The summed E-state index contributed by atoms with van der Waals surface area (Å²) in [7, 11) is 1.60. The van der Waals surface area contributed by atoms with Crippen molar-refractivity contribution in [2.45, 2.75) is 12.8 Å². The summed E-state index contributed by atoms with van der Waals surface area (Å²) in [6, 6.07) is 9.35. The highest BCUT2D eigenvalue weighted by atomic mass is 16.5.